The Morgan fingerprint density at radius 3 is 3.08 bits per heavy atom. The van der Waals surface area contributed by atoms with E-state index in [9.17, 15) is 0 Å². The summed E-state index contributed by atoms with van der Waals surface area (Å²) >= 11 is 0. The normalized spacial score (nSPS) is 15.9. The summed E-state index contributed by atoms with van der Waals surface area (Å²) in [6.07, 6.45) is 3.07. The molecule has 2 heterocycles. The summed E-state index contributed by atoms with van der Waals surface area (Å²) in [5.41, 5.74) is 4.21. The number of hydrogen-bond donors (Lipinski definition) is 1. The van der Waals surface area contributed by atoms with Gasteiger partial charge in [-0.05, 0) is 36.1 Å². The van der Waals surface area contributed by atoms with E-state index >= 15 is 0 Å². The van der Waals surface area contributed by atoms with Crippen LogP contribution < -0.4 is 5.32 Å². The molecule has 1 N–H and O–H groups in total. The number of fused-ring (bicyclic) bond motifs is 1. The molecule has 0 fully saturated rings. The standard InChI is InChI=1S/C11H16N2/c1-8(2)9-4-6-13-11-7-12-5-3-10(9)11/h4,6,8,12H,3,5,7H2,1-2H3. The van der Waals surface area contributed by atoms with Gasteiger partial charge in [-0.1, -0.05) is 13.8 Å². The fourth-order valence-electron chi connectivity index (χ4n) is 1.95. The number of hydrogen-bond acceptors (Lipinski definition) is 2. The van der Waals surface area contributed by atoms with E-state index in [0.29, 0.717) is 5.92 Å². The van der Waals surface area contributed by atoms with Crippen LogP contribution in [0.15, 0.2) is 12.3 Å². The van der Waals surface area contributed by atoms with E-state index < -0.39 is 0 Å². The van der Waals surface area contributed by atoms with Gasteiger partial charge in [-0.3, -0.25) is 4.98 Å². The molecular formula is C11H16N2. The molecule has 1 aliphatic rings. The lowest BCUT2D eigenvalue weighted by molar-refractivity contribution is 0.617. The Morgan fingerprint density at radius 1 is 1.46 bits per heavy atom. The molecule has 0 aromatic carbocycles. The fourth-order valence-corrected chi connectivity index (χ4v) is 1.95. The predicted molar refractivity (Wildman–Crippen MR) is 53.7 cm³/mol. The van der Waals surface area contributed by atoms with E-state index in [1.165, 1.54) is 16.8 Å². The van der Waals surface area contributed by atoms with Gasteiger partial charge in [0, 0.05) is 12.7 Å². The van der Waals surface area contributed by atoms with Gasteiger partial charge in [0.25, 0.3) is 0 Å². The first-order valence-electron chi connectivity index (χ1n) is 4.96. The number of nitrogens with one attached hydrogen (secondary N) is 1. The Kier molecular flexibility index (Phi) is 2.32. The zero-order chi connectivity index (χ0) is 9.26. The highest BCUT2D eigenvalue weighted by Crippen LogP contribution is 2.23. The Balaban J connectivity index is 2.46. The van der Waals surface area contributed by atoms with Crippen molar-refractivity contribution in [1.82, 2.24) is 10.3 Å². The lowest BCUT2D eigenvalue weighted by Gasteiger charge is -2.20. The van der Waals surface area contributed by atoms with Gasteiger partial charge in [-0.15, -0.1) is 0 Å². The Labute approximate surface area is 79.4 Å². The molecule has 0 bridgehead atoms. The van der Waals surface area contributed by atoms with E-state index in [1.807, 2.05) is 6.20 Å². The first-order chi connectivity index (χ1) is 6.29. The lowest BCUT2D eigenvalue weighted by Crippen LogP contribution is -2.25. The molecule has 0 atom stereocenters. The second-order valence-electron chi connectivity index (χ2n) is 3.91. The molecular weight excluding hydrogens is 160 g/mol. The van der Waals surface area contributed by atoms with Gasteiger partial charge in [-0.2, -0.15) is 0 Å². The molecule has 2 heteroatoms. The third kappa shape index (κ3) is 1.59. The van der Waals surface area contributed by atoms with Crippen molar-refractivity contribution in [3.05, 3.63) is 29.1 Å². The molecule has 0 unspecified atom stereocenters. The highest BCUT2D eigenvalue weighted by molar-refractivity contribution is 5.33. The van der Waals surface area contributed by atoms with Crippen LogP contribution in [0.25, 0.3) is 0 Å². The minimum absolute atomic E-state index is 0.620. The van der Waals surface area contributed by atoms with Gasteiger partial charge in [0.1, 0.15) is 0 Å². The lowest BCUT2D eigenvalue weighted by atomic mass is 9.93. The van der Waals surface area contributed by atoms with Crippen LogP contribution in [0.4, 0.5) is 0 Å². The summed E-state index contributed by atoms with van der Waals surface area (Å²) in [5, 5.41) is 3.34. The van der Waals surface area contributed by atoms with Gasteiger partial charge in [-0.25, -0.2) is 0 Å². The van der Waals surface area contributed by atoms with Gasteiger partial charge in [0.2, 0.25) is 0 Å². The molecule has 1 aromatic rings. The van der Waals surface area contributed by atoms with E-state index in [1.54, 1.807) is 0 Å². The van der Waals surface area contributed by atoms with Crippen molar-refractivity contribution in [2.75, 3.05) is 6.54 Å². The molecule has 0 saturated heterocycles. The number of nitrogens with zero attached hydrogens (tertiary/aromatic N) is 1. The molecule has 1 aliphatic heterocycles. The van der Waals surface area contributed by atoms with Crippen molar-refractivity contribution < 1.29 is 0 Å². The van der Waals surface area contributed by atoms with Crippen LogP contribution in [0.2, 0.25) is 0 Å². The van der Waals surface area contributed by atoms with Crippen molar-refractivity contribution in [3.8, 4) is 0 Å². The van der Waals surface area contributed by atoms with Crippen molar-refractivity contribution in [3.63, 3.8) is 0 Å². The SMILES string of the molecule is CC(C)c1ccnc2c1CCNC2. The summed E-state index contributed by atoms with van der Waals surface area (Å²) in [4.78, 5) is 4.40. The topological polar surface area (TPSA) is 24.9 Å². The van der Waals surface area contributed by atoms with Crippen LogP contribution in [0.3, 0.4) is 0 Å². The zero-order valence-electron chi connectivity index (χ0n) is 8.30. The molecule has 0 spiro atoms. The van der Waals surface area contributed by atoms with Crippen LogP contribution in [0, 0.1) is 0 Å². The van der Waals surface area contributed by atoms with E-state index in [4.69, 9.17) is 0 Å². The van der Waals surface area contributed by atoms with Gasteiger partial charge >= 0.3 is 0 Å². The Hall–Kier alpha value is -0.890. The molecule has 0 saturated carbocycles. The maximum Gasteiger partial charge on any atom is 0.0576 e. The summed E-state index contributed by atoms with van der Waals surface area (Å²) in [6.45, 7) is 6.53. The maximum atomic E-state index is 4.40. The average Bonchev–Trinajstić information content (AvgIpc) is 2.17. The van der Waals surface area contributed by atoms with Crippen LogP contribution in [0.1, 0.15) is 36.6 Å². The minimum Gasteiger partial charge on any atom is -0.311 e. The average molecular weight is 176 g/mol. The highest BCUT2D eigenvalue weighted by atomic mass is 14.9. The second-order valence-corrected chi connectivity index (χ2v) is 3.91. The zero-order valence-corrected chi connectivity index (χ0v) is 8.30. The first-order valence-corrected chi connectivity index (χ1v) is 4.96. The number of rotatable bonds is 1. The number of pyridine rings is 1. The first kappa shape index (κ1) is 8.70. The minimum atomic E-state index is 0.620. The molecule has 70 valence electrons. The van der Waals surface area contributed by atoms with Crippen LogP contribution >= 0.6 is 0 Å². The predicted octanol–water partition coefficient (Wildman–Crippen LogP) is 1.85. The largest absolute Gasteiger partial charge is 0.311 e. The van der Waals surface area contributed by atoms with Crippen molar-refractivity contribution >= 4 is 0 Å². The van der Waals surface area contributed by atoms with Crippen molar-refractivity contribution in [1.29, 1.82) is 0 Å². The fraction of sp³-hybridized carbons (Fsp3) is 0.545. The molecule has 2 nitrogen and oxygen atoms in total. The summed E-state index contributed by atoms with van der Waals surface area (Å²) in [5.74, 6) is 0.620. The van der Waals surface area contributed by atoms with E-state index in [2.05, 4.69) is 30.2 Å². The van der Waals surface area contributed by atoms with E-state index in [-0.39, 0.29) is 0 Å². The number of aromatic nitrogens is 1. The van der Waals surface area contributed by atoms with Crippen LogP contribution in [0.5, 0.6) is 0 Å². The van der Waals surface area contributed by atoms with Crippen molar-refractivity contribution in [2.24, 2.45) is 0 Å². The summed E-state index contributed by atoms with van der Waals surface area (Å²) in [7, 11) is 0. The third-order valence-electron chi connectivity index (χ3n) is 2.65. The summed E-state index contributed by atoms with van der Waals surface area (Å²) < 4.78 is 0. The molecule has 0 radical (unpaired) electrons. The molecule has 2 rings (SSSR count). The highest BCUT2D eigenvalue weighted by Gasteiger charge is 2.14. The Bertz CT molecular complexity index is 305. The Morgan fingerprint density at radius 2 is 2.31 bits per heavy atom. The smallest absolute Gasteiger partial charge is 0.0576 e. The van der Waals surface area contributed by atoms with Crippen LogP contribution in [-0.4, -0.2) is 11.5 Å². The van der Waals surface area contributed by atoms with Crippen molar-refractivity contribution in [2.45, 2.75) is 32.7 Å². The maximum absolute atomic E-state index is 4.40. The van der Waals surface area contributed by atoms with Crippen LogP contribution in [-0.2, 0) is 13.0 Å². The monoisotopic (exact) mass is 176 g/mol. The molecule has 0 aliphatic carbocycles. The molecule has 1 aromatic heterocycles. The van der Waals surface area contributed by atoms with E-state index in [0.717, 1.165) is 19.5 Å². The quantitative estimate of drug-likeness (QED) is 0.706. The molecule has 13 heavy (non-hydrogen) atoms. The second kappa shape index (κ2) is 3.46. The summed E-state index contributed by atoms with van der Waals surface area (Å²) in [6, 6.07) is 2.16. The van der Waals surface area contributed by atoms with Gasteiger partial charge < -0.3 is 5.32 Å². The van der Waals surface area contributed by atoms with Gasteiger partial charge in [0.15, 0.2) is 0 Å². The van der Waals surface area contributed by atoms with Gasteiger partial charge in [0.05, 0.1) is 5.69 Å². The third-order valence-corrected chi connectivity index (χ3v) is 2.65. The molecule has 0 amide bonds.